The number of rotatable bonds is 1. The molecule has 3 aliphatic heterocycles. The van der Waals surface area contributed by atoms with Crippen LogP contribution in [-0.4, -0.2) is 53.0 Å². The minimum absolute atomic E-state index is 0.0381. The number of fused-ring (bicyclic) bond motifs is 3. The van der Waals surface area contributed by atoms with Gasteiger partial charge in [-0.2, -0.15) is 0 Å². The van der Waals surface area contributed by atoms with E-state index in [-0.39, 0.29) is 41.5 Å². The van der Waals surface area contributed by atoms with Gasteiger partial charge in [-0.3, -0.25) is 4.79 Å². The van der Waals surface area contributed by atoms with E-state index in [9.17, 15) is 9.90 Å². The average Bonchev–Trinajstić information content (AvgIpc) is 3.33. The Hall–Kier alpha value is -0.690. The molecular weight excluding hydrogens is 300 g/mol. The Kier molecular flexibility index (Phi) is 2.40. The number of esters is 1. The van der Waals surface area contributed by atoms with E-state index in [1.165, 1.54) is 6.92 Å². The minimum atomic E-state index is -1.21. The van der Waals surface area contributed by atoms with Crippen LogP contribution in [0.1, 0.15) is 40.5 Å². The lowest BCUT2D eigenvalue weighted by Gasteiger charge is -2.54. The maximum atomic E-state index is 11.5. The predicted octanol–water partition coefficient (Wildman–Crippen LogP) is 0.998. The van der Waals surface area contributed by atoms with Gasteiger partial charge in [0.05, 0.1) is 12.7 Å². The number of carbonyl (C=O) groups excluding carboxylic acids is 1. The normalized spacial score (nSPS) is 65.0. The highest BCUT2D eigenvalue weighted by molar-refractivity contribution is 5.66. The Balaban J connectivity index is 1.52. The molecule has 9 unspecified atom stereocenters. The highest BCUT2D eigenvalue weighted by atomic mass is 16.8. The van der Waals surface area contributed by atoms with E-state index in [0.29, 0.717) is 19.4 Å². The number of hydrogen-bond donors (Lipinski definition) is 1. The summed E-state index contributed by atoms with van der Waals surface area (Å²) in [4.78, 5) is 11.5. The molecule has 2 saturated carbocycles. The monoisotopic (exact) mass is 324 g/mol. The third-order valence-electron chi connectivity index (χ3n) is 7.52. The lowest BCUT2D eigenvalue weighted by Crippen LogP contribution is -2.63. The van der Waals surface area contributed by atoms with Crippen LogP contribution in [0.3, 0.4) is 0 Å². The second kappa shape index (κ2) is 3.77. The van der Waals surface area contributed by atoms with Crippen LogP contribution in [0.25, 0.3) is 0 Å². The predicted molar refractivity (Wildman–Crippen MR) is 77.3 cm³/mol. The largest absolute Gasteiger partial charge is 0.459 e. The molecule has 23 heavy (non-hydrogen) atoms. The van der Waals surface area contributed by atoms with Gasteiger partial charge in [0.25, 0.3) is 0 Å². The van der Waals surface area contributed by atoms with Gasteiger partial charge in [-0.25, -0.2) is 0 Å². The SMILES string of the molecule is CC(=O)OC1C2OC2C2CC3(O)OCC4(C)OC43CC2(C)C1C. The summed E-state index contributed by atoms with van der Waals surface area (Å²) >= 11 is 0. The molecule has 0 bridgehead atoms. The fourth-order valence-electron chi connectivity index (χ4n) is 5.89. The number of hydrogen-bond acceptors (Lipinski definition) is 6. The third-order valence-corrected chi connectivity index (χ3v) is 7.52. The van der Waals surface area contributed by atoms with Crippen molar-refractivity contribution in [2.75, 3.05) is 6.61 Å². The Labute approximate surface area is 135 Å². The number of carbonyl (C=O) groups is 1. The van der Waals surface area contributed by atoms with Gasteiger partial charge < -0.3 is 24.1 Å². The van der Waals surface area contributed by atoms with E-state index >= 15 is 0 Å². The fraction of sp³-hybridized carbons (Fsp3) is 0.941. The van der Waals surface area contributed by atoms with Crippen LogP contribution in [0.4, 0.5) is 0 Å². The molecule has 6 heteroatoms. The van der Waals surface area contributed by atoms with Crippen LogP contribution < -0.4 is 0 Å². The first kappa shape index (κ1) is 14.6. The molecule has 9 atom stereocenters. The van der Waals surface area contributed by atoms with E-state index in [0.717, 1.165) is 0 Å². The van der Waals surface area contributed by atoms with E-state index in [4.69, 9.17) is 18.9 Å². The molecule has 1 N–H and O–H groups in total. The molecule has 0 aromatic rings. The molecule has 5 rings (SSSR count). The molecule has 3 heterocycles. The smallest absolute Gasteiger partial charge is 0.303 e. The lowest BCUT2D eigenvalue weighted by molar-refractivity contribution is -0.280. The molecule has 0 aromatic carbocycles. The standard InChI is InChI=1S/C17H24O6/c1-8-11(21-9(2)18)13-12(22-13)10-5-17(19)16(6-14(8,10)3)15(4,23-16)7-20-17/h8,10-13,19H,5-7H2,1-4H3. The topological polar surface area (TPSA) is 80.8 Å². The van der Waals surface area contributed by atoms with Crippen LogP contribution in [0, 0.1) is 17.3 Å². The van der Waals surface area contributed by atoms with Crippen molar-refractivity contribution in [3.8, 4) is 0 Å². The molecule has 0 aromatic heterocycles. The summed E-state index contributed by atoms with van der Waals surface area (Å²) in [6, 6.07) is 0. The molecule has 0 radical (unpaired) electrons. The Morgan fingerprint density at radius 2 is 2.04 bits per heavy atom. The van der Waals surface area contributed by atoms with Gasteiger partial charge in [-0.05, 0) is 24.7 Å². The molecule has 128 valence electrons. The maximum Gasteiger partial charge on any atom is 0.303 e. The number of ether oxygens (including phenoxy) is 4. The van der Waals surface area contributed by atoms with Gasteiger partial charge in [-0.15, -0.1) is 0 Å². The van der Waals surface area contributed by atoms with Crippen molar-refractivity contribution in [3.05, 3.63) is 0 Å². The molecule has 5 aliphatic rings. The van der Waals surface area contributed by atoms with Crippen LogP contribution in [0.15, 0.2) is 0 Å². The van der Waals surface area contributed by atoms with Gasteiger partial charge in [0.1, 0.15) is 17.8 Å². The summed E-state index contributed by atoms with van der Waals surface area (Å²) < 4.78 is 23.3. The quantitative estimate of drug-likeness (QED) is 0.572. The third kappa shape index (κ3) is 1.48. The zero-order valence-corrected chi connectivity index (χ0v) is 14.0. The molecule has 0 amide bonds. The summed E-state index contributed by atoms with van der Waals surface area (Å²) in [5.74, 6) is -1.14. The van der Waals surface area contributed by atoms with Crippen molar-refractivity contribution < 1.29 is 28.8 Å². The first-order valence-corrected chi connectivity index (χ1v) is 8.55. The number of aliphatic hydroxyl groups is 1. The average molecular weight is 324 g/mol. The fourth-order valence-corrected chi connectivity index (χ4v) is 5.89. The van der Waals surface area contributed by atoms with E-state index in [2.05, 4.69) is 13.8 Å². The summed E-state index contributed by atoms with van der Waals surface area (Å²) in [6.45, 7) is 8.26. The van der Waals surface area contributed by atoms with Crippen LogP contribution in [0.5, 0.6) is 0 Å². The van der Waals surface area contributed by atoms with Crippen LogP contribution >= 0.6 is 0 Å². The van der Waals surface area contributed by atoms with Gasteiger partial charge in [-0.1, -0.05) is 13.8 Å². The van der Waals surface area contributed by atoms with Crippen molar-refractivity contribution in [3.63, 3.8) is 0 Å². The second-order valence-electron chi connectivity index (χ2n) is 8.65. The summed E-state index contributed by atoms with van der Waals surface area (Å²) in [6.07, 6.45) is 1.02. The van der Waals surface area contributed by atoms with Gasteiger partial charge in [0.15, 0.2) is 11.4 Å². The highest BCUT2D eigenvalue weighted by Crippen LogP contribution is 2.73. The van der Waals surface area contributed by atoms with Crippen molar-refractivity contribution in [1.29, 1.82) is 0 Å². The van der Waals surface area contributed by atoms with Crippen molar-refractivity contribution in [1.82, 2.24) is 0 Å². The summed E-state index contributed by atoms with van der Waals surface area (Å²) in [5.41, 5.74) is -1.13. The van der Waals surface area contributed by atoms with Gasteiger partial charge in [0.2, 0.25) is 0 Å². The van der Waals surface area contributed by atoms with Crippen molar-refractivity contribution >= 4 is 5.97 Å². The lowest BCUT2D eigenvalue weighted by atomic mass is 9.51. The molecule has 1 spiro atoms. The Morgan fingerprint density at radius 1 is 1.30 bits per heavy atom. The second-order valence-corrected chi connectivity index (χ2v) is 8.65. The van der Waals surface area contributed by atoms with Crippen LogP contribution in [0.2, 0.25) is 0 Å². The van der Waals surface area contributed by atoms with Crippen LogP contribution in [-0.2, 0) is 23.7 Å². The zero-order chi connectivity index (χ0) is 16.4. The van der Waals surface area contributed by atoms with Gasteiger partial charge >= 0.3 is 5.97 Å². The van der Waals surface area contributed by atoms with E-state index < -0.39 is 17.0 Å². The molecule has 2 aliphatic carbocycles. The molecular formula is C17H24O6. The minimum Gasteiger partial charge on any atom is -0.459 e. The molecule has 5 fully saturated rings. The maximum absolute atomic E-state index is 11.5. The Bertz CT molecular complexity index is 608. The molecule has 3 saturated heterocycles. The summed E-state index contributed by atoms with van der Waals surface area (Å²) in [5, 5.41) is 11.1. The van der Waals surface area contributed by atoms with Crippen molar-refractivity contribution in [2.45, 2.75) is 75.8 Å². The van der Waals surface area contributed by atoms with Crippen molar-refractivity contribution in [2.24, 2.45) is 17.3 Å². The van der Waals surface area contributed by atoms with E-state index in [1.54, 1.807) is 0 Å². The first-order valence-electron chi connectivity index (χ1n) is 8.55. The molecule has 6 nitrogen and oxygen atoms in total. The first-order chi connectivity index (χ1) is 10.7. The number of epoxide rings is 2. The highest BCUT2D eigenvalue weighted by Gasteiger charge is 2.87. The zero-order valence-electron chi connectivity index (χ0n) is 14.0. The van der Waals surface area contributed by atoms with Gasteiger partial charge in [0, 0.05) is 19.3 Å². The summed E-state index contributed by atoms with van der Waals surface area (Å²) in [7, 11) is 0. The Morgan fingerprint density at radius 3 is 2.70 bits per heavy atom. The van der Waals surface area contributed by atoms with E-state index in [1.807, 2.05) is 6.92 Å².